The Morgan fingerprint density at radius 3 is 2.35 bits per heavy atom. The number of benzene rings is 1. The Balaban J connectivity index is 2.49. The van der Waals surface area contributed by atoms with Crippen molar-refractivity contribution in [1.82, 2.24) is 5.32 Å². The van der Waals surface area contributed by atoms with Gasteiger partial charge in [-0.3, -0.25) is 0 Å². The van der Waals surface area contributed by atoms with Crippen LogP contribution in [0, 0.1) is 6.92 Å². The monoisotopic (exact) mass is 297 g/mol. The molecule has 1 aromatic rings. The van der Waals surface area contributed by atoms with Gasteiger partial charge in [-0.25, -0.2) is 8.42 Å². The quantitative estimate of drug-likeness (QED) is 0.760. The molecule has 0 aliphatic rings. The highest BCUT2D eigenvalue weighted by molar-refractivity contribution is 7.91. The lowest BCUT2D eigenvalue weighted by Gasteiger charge is -2.16. The van der Waals surface area contributed by atoms with Crippen LogP contribution in [0.25, 0.3) is 0 Å². The average Bonchev–Trinajstić information content (AvgIpc) is 2.43. The Labute approximate surface area is 123 Å². The summed E-state index contributed by atoms with van der Waals surface area (Å²) >= 11 is 0. The Morgan fingerprint density at radius 2 is 1.80 bits per heavy atom. The minimum atomic E-state index is -3.13. The van der Waals surface area contributed by atoms with Crippen molar-refractivity contribution < 1.29 is 8.42 Å². The van der Waals surface area contributed by atoms with Crippen LogP contribution in [0.15, 0.2) is 29.2 Å². The van der Waals surface area contributed by atoms with Crippen molar-refractivity contribution in [3.8, 4) is 0 Å². The van der Waals surface area contributed by atoms with Gasteiger partial charge in [-0.1, -0.05) is 31.5 Å². The SMILES string of the molecule is CCCNC(CC)CCCS(=O)(=O)c1ccc(C)cc1. The predicted octanol–water partition coefficient (Wildman–Crippen LogP) is 3.33. The highest BCUT2D eigenvalue weighted by atomic mass is 32.2. The molecule has 1 aromatic carbocycles. The largest absolute Gasteiger partial charge is 0.314 e. The van der Waals surface area contributed by atoms with E-state index in [1.165, 1.54) is 0 Å². The summed E-state index contributed by atoms with van der Waals surface area (Å²) in [6.45, 7) is 7.24. The van der Waals surface area contributed by atoms with E-state index in [0.717, 1.165) is 31.4 Å². The molecular formula is C16H27NO2S. The van der Waals surface area contributed by atoms with Gasteiger partial charge in [-0.05, 0) is 51.3 Å². The number of aryl methyl sites for hydroxylation is 1. The van der Waals surface area contributed by atoms with Crippen molar-refractivity contribution >= 4 is 9.84 Å². The Kier molecular flexibility index (Phi) is 7.24. The van der Waals surface area contributed by atoms with Crippen molar-refractivity contribution in [3.63, 3.8) is 0 Å². The van der Waals surface area contributed by atoms with Crippen LogP contribution < -0.4 is 5.32 Å². The lowest BCUT2D eigenvalue weighted by molar-refractivity contribution is 0.463. The van der Waals surface area contributed by atoms with E-state index in [9.17, 15) is 8.42 Å². The first-order valence-corrected chi connectivity index (χ1v) is 9.17. The molecule has 0 saturated heterocycles. The minimum absolute atomic E-state index is 0.236. The van der Waals surface area contributed by atoms with E-state index >= 15 is 0 Å². The zero-order valence-electron chi connectivity index (χ0n) is 12.9. The first kappa shape index (κ1) is 17.2. The summed E-state index contributed by atoms with van der Waals surface area (Å²) in [5, 5.41) is 3.46. The molecule has 0 heterocycles. The topological polar surface area (TPSA) is 46.2 Å². The van der Waals surface area contributed by atoms with Gasteiger partial charge < -0.3 is 5.32 Å². The van der Waals surface area contributed by atoms with Crippen LogP contribution >= 0.6 is 0 Å². The molecule has 4 heteroatoms. The average molecular weight is 297 g/mol. The summed E-state index contributed by atoms with van der Waals surface area (Å²) in [6, 6.07) is 7.55. The molecule has 1 atom stereocenters. The summed E-state index contributed by atoms with van der Waals surface area (Å²) in [5.41, 5.74) is 1.08. The van der Waals surface area contributed by atoms with Crippen LogP contribution in [-0.2, 0) is 9.84 Å². The molecule has 0 saturated carbocycles. The van der Waals surface area contributed by atoms with Crippen molar-refractivity contribution in [1.29, 1.82) is 0 Å². The van der Waals surface area contributed by atoms with Gasteiger partial charge in [0.1, 0.15) is 0 Å². The lowest BCUT2D eigenvalue weighted by atomic mass is 10.1. The van der Waals surface area contributed by atoms with Crippen molar-refractivity contribution in [3.05, 3.63) is 29.8 Å². The van der Waals surface area contributed by atoms with E-state index in [2.05, 4.69) is 19.2 Å². The van der Waals surface area contributed by atoms with Gasteiger partial charge in [-0.2, -0.15) is 0 Å². The summed E-state index contributed by atoms with van der Waals surface area (Å²) in [6.07, 6.45) is 3.79. The van der Waals surface area contributed by atoms with E-state index in [4.69, 9.17) is 0 Å². The number of rotatable bonds is 9. The van der Waals surface area contributed by atoms with Crippen LogP contribution in [0.2, 0.25) is 0 Å². The number of hydrogen-bond donors (Lipinski definition) is 1. The third-order valence-corrected chi connectivity index (χ3v) is 5.34. The fourth-order valence-electron chi connectivity index (χ4n) is 2.18. The molecule has 0 aliphatic carbocycles. The molecule has 1 N–H and O–H groups in total. The van der Waals surface area contributed by atoms with E-state index in [1.807, 2.05) is 19.1 Å². The van der Waals surface area contributed by atoms with Crippen LogP contribution in [0.1, 0.15) is 45.1 Å². The minimum Gasteiger partial charge on any atom is -0.314 e. The van der Waals surface area contributed by atoms with Crippen LogP contribution in [0.5, 0.6) is 0 Å². The first-order valence-electron chi connectivity index (χ1n) is 7.52. The molecule has 0 aliphatic heterocycles. The maximum atomic E-state index is 12.2. The van der Waals surface area contributed by atoms with Gasteiger partial charge in [0.25, 0.3) is 0 Å². The molecule has 1 rings (SSSR count). The molecule has 0 fully saturated rings. The zero-order chi connectivity index (χ0) is 15.0. The second kappa shape index (κ2) is 8.42. The van der Waals surface area contributed by atoms with Crippen LogP contribution in [0.4, 0.5) is 0 Å². The van der Waals surface area contributed by atoms with Gasteiger partial charge >= 0.3 is 0 Å². The smallest absolute Gasteiger partial charge is 0.178 e. The molecule has 114 valence electrons. The van der Waals surface area contributed by atoms with Crippen molar-refractivity contribution in [2.75, 3.05) is 12.3 Å². The molecule has 1 unspecified atom stereocenters. The lowest BCUT2D eigenvalue weighted by Crippen LogP contribution is -2.29. The van der Waals surface area contributed by atoms with Gasteiger partial charge in [0.05, 0.1) is 10.6 Å². The maximum absolute atomic E-state index is 12.2. The fourth-order valence-corrected chi connectivity index (χ4v) is 3.52. The normalized spacial score (nSPS) is 13.3. The van der Waals surface area contributed by atoms with Crippen LogP contribution in [-0.4, -0.2) is 26.8 Å². The highest BCUT2D eigenvalue weighted by Gasteiger charge is 2.15. The van der Waals surface area contributed by atoms with Crippen molar-refractivity contribution in [2.24, 2.45) is 0 Å². The third-order valence-electron chi connectivity index (χ3n) is 3.52. The molecule has 0 amide bonds. The number of nitrogens with one attached hydrogen (secondary N) is 1. The van der Waals surface area contributed by atoms with E-state index < -0.39 is 9.84 Å². The highest BCUT2D eigenvalue weighted by Crippen LogP contribution is 2.14. The fraction of sp³-hybridized carbons (Fsp3) is 0.625. The Morgan fingerprint density at radius 1 is 1.15 bits per heavy atom. The molecule has 0 bridgehead atoms. The van der Waals surface area contributed by atoms with E-state index in [1.54, 1.807) is 12.1 Å². The van der Waals surface area contributed by atoms with E-state index in [-0.39, 0.29) is 5.75 Å². The zero-order valence-corrected chi connectivity index (χ0v) is 13.7. The molecule has 0 aromatic heterocycles. The predicted molar refractivity (Wildman–Crippen MR) is 84.8 cm³/mol. The second-order valence-electron chi connectivity index (χ2n) is 5.33. The summed E-state index contributed by atoms with van der Waals surface area (Å²) < 4.78 is 24.4. The standard InChI is InChI=1S/C16H27NO2S/c1-4-12-17-15(5-2)7-6-13-20(18,19)16-10-8-14(3)9-11-16/h8-11,15,17H,4-7,12-13H2,1-3H3. The van der Waals surface area contributed by atoms with Crippen LogP contribution in [0.3, 0.4) is 0 Å². The second-order valence-corrected chi connectivity index (χ2v) is 7.44. The van der Waals surface area contributed by atoms with E-state index in [0.29, 0.717) is 17.4 Å². The Bertz CT molecular complexity index is 480. The van der Waals surface area contributed by atoms with Crippen molar-refractivity contribution in [2.45, 2.75) is 57.4 Å². The van der Waals surface area contributed by atoms with Gasteiger partial charge in [0.15, 0.2) is 9.84 Å². The summed E-state index contributed by atoms with van der Waals surface area (Å²) in [5.74, 6) is 0.236. The maximum Gasteiger partial charge on any atom is 0.178 e. The first-order chi connectivity index (χ1) is 9.49. The van der Waals surface area contributed by atoms with Gasteiger partial charge in [0.2, 0.25) is 0 Å². The molecule has 0 radical (unpaired) electrons. The number of hydrogen-bond acceptors (Lipinski definition) is 3. The molecule has 0 spiro atoms. The van der Waals surface area contributed by atoms with Gasteiger partial charge in [0, 0.05) is 6.04 Å². The summed E-state index contributed by atoms with van der Waals surface area (Å²) in [4.78, 5) is 0.442. The summed E-state index contributed by atoms with van der Waals surface area (Å²) in [7, 11) is -3.13. The molecular weight excluding hydrogens is 270 g/mol. The molecule has 20 heavy (non-hydrogen) atoms. The Hall–Kier alpha value is -0.870. The number of sulfone groups is 1. The molecule has 3 nitrogen and oxygen atoms in total. The third kappa shape index (κ3) is 5.63. The van der Waals surface area contributed by atoms with Gasteiger partial charge in [-0.15, -0.1) is 0 Å².